The zero-order valence-electron chi connectivity index (χ0n) is 15.1. The Morgan fingerprint density at radius 2 is 1.44 bits per heavy atom. The van der Waals surface area contributed by atoms with E-state index in [9.17, 15) is 0 Å². The highest BCUT2D eigenvalue weighted by Crippen LogP contribution is 2.56. The van der Waals surface area contributed by atoms with Crippen LogP contribution in [0.2, 0.25) is 0 Å². The molecule has 0 saturated heterocycles. The van der Waals surface area contributed by atoms with Gasteiger partial charge in [-0.25, -0.2) is 0 Å². The molecule has 1 aliphatic rings. The second-order valence-corrected chi connectivity index (χ2v) is 8.63. The highest BCUT2D eigenvalue weighted by atomic mass is 79.9. The van der Waals surface area contributed by atoms with E-state index >= 15 is 0 Å². The molecular formula is C23H26Br2. The van der Waals surface area contributed by atoms with E-state index in [-0.39, 0.29) is 5.41 Å². The number of fused-ring (bicyclic) bond motifs is 1. The van der Waals surface area contributed by atoms with Crippen molar-refractivity contribution in [1.82, 2.24) is 0 Å². The number of benzene rings is 2. The Hall–Kier alpha value is -0.860. The van der Waals surface area contributed by atoms with Crippen LogP contribution in [0, 0.1) is 0 Å². The van der Waals surface area contributed by atoms with Crippen LogP contribution in [0.15, 0.2) is 53.0 Å². The van der Waals surface area contributed by atoms with Crippen molar-refractivity contribution in [2.75, 3.05) is 0 Å². The molecule has 2 heteroatoms. The second kappa shape index (κ2) is 8.22. The maximum absolute atomic E-state index is 3.98. The summed E-state index contributed by atoms with van der Waals surface area (Å²) in [6.07, 6.45) is 7.41. The molecule has 0 fully saturated rings. The molecule has 0 N–H and O–H groups in total. The van der Waals surface area contributed by atoms with Gasteiger partial charge in [0.05, 0.1) is 0 Å². The number of hydrogen-bond donors (Lipinski definition) is 0. The normalized spacial score (nSPS) is 15.5. The lowest BCUT2D eigenvalue weighted by Crippen LogP contribution is -2.24. The molecule has 0 aromatic heterocycles. The summed E-state index contributed by atoms with van der Waals surface area (Å²) in [4.78, 5) is 0. The Kier molecular flexibility index (Phi) is 6.22. The van der Waals surface area contributed by atoms with Crippen molar-refractivity contribution in [3.63, 3.8) is 0 Å². The lowest BCUT2D eigenvalue weighted by molar-refractivity contribution is 0.421. The van der Waals surface area contributed by atoms with Crippen LogP contribution in [0.3, 0.4) is 0 Å². The number of halogens is 2. The van der Waals surface area contributed by atoms with E-state index in [0.29, 0.717) is 0 Å². The van der Waals surface area contributed by atoms with Gasteiger partial charge in [0.15, 0.2) is 0 Å². The largest absolute Gasteiger partial charge is 0.0654 e. The molecule has 1 aliphatic carbocycles. The highest BCUT2D eigenvalue weighted by Gasteiger charge is 2.42. The number of hydrogen-bond acceptors (Lipinski definition) is 0. The van der Waals surface area contributed by atoms with Crippen LogP contribution in [0.4, 0.5) is 0 Å². The van der Waals surface area contributed by atoms with Gasteiger partial charge in [-0.15, -0.1) is 0 Å². The highest BCUT2D eigenvalue weighted by molar-refractivity contribution is 9.16. The first kappa shape index (κ1) is 18.9. The van der Waals surface area contributed by atoms with E-state index in [2.05, 4.69) is 94.2 Å². The van der Waals surface area contributed by atoms with Gasteiger partial charge in [-0.2, -0.15) is 0 Å². The minimum Gasteiger partial charge on any atom is -0.0654 e. The van der Waals surface area contributed by atoms with Gasteiger partial charge in [0.2, 0.25) is 0 Å². The molecule has 0 atom stereocenters. The maximum atomic E-state index is 3.98. The van der Waals surface area contributed by atoms with Gasteiger partial charge in [0.1, 0.15) is 0 Å². The Bertz CT molecular complexity index is 751. The molecule has 0 nitrogen and oxygen atoms in total. The summed E-state index contributed by atoms with van der Waals surface area (Å²) in [5.74, 6) is 0. The first-order chi connectivity index (χ1) is 12.1. The third kappa shape index (κ3) is 3.53. The van der Waals surface area contributed by atoms with Gasteiger partial charge in [0.25, 0.3) is 0 Å². The predicted octanol–water partition coefficient (Wildman–Crippen LogP) is 8.44. The third-order valence-electron chi connectivity index (χ3n) is 5.41. The molecule has 0 bridgehead atoms. The van der Waals surface area contributed by atoms with E-state index < -0.39 is 0 Å². The molecule has 3 rings (SSSR count). The van der Waals surface area contributed by atoms with Crippen molar-refractivity contribution in [2.45, 2.75) is 57.8 Å². The Balaban J connectivity index is 2.11. The van der Waals surface area contributed by atoms with Crippen molar-refractivity contribution in [3.05, 3.63) is 64.1 Å². The van der Waals surface area contributed by atoms with Gasteiger partial charge in [-0.3, -0.25) is 0 Å². The van der Waals surface area contributed by atoms with Crippen LogP contribution >= 0.6 is 31.9 Å². The summed E-state index contributed by atoms with van der Waals surface area (Å²) >= 11 is 7.86. The Morgan fingerprint density at radius 1 is 0.800 bits per heavy atom. The average molecular weight is 462 g/mol. The molecule has 2 aromatic rings. The summed E-state index contributed by atoms with van der Waals surface area (Å²) in [5, 5.41) is 0. The van der Waals surface area contributed by atoms with E-state index in [4.69, 9.17) is 0 Å². The van der Waals surface area contributed by atoms with Crippen LogP contribution in [0.1, 0.15) is 63.5 Å². The average Bonchev–Trinajstić information content (AvgIpc) is 2.87. The number of unbranched alkanes of at least 4 members (excludes halogenated alkanes) is 2. The van der Waals surface area contributed by atoms with Crippen molar-refractivity contribution >= 4 is 36.3 Å². The smallest absolute Gasteiger partial charge is 0.0361 e. The van der Waals surface area contributed by atoms with Crippen LogP contribution in [0.5, 0.6) is 0 Å². The summed E-state index contributed by atoms with van der Waals surface area (Å²) in [5.41, 5.74) is 5.60. The standard InChI is InChI=1S/C23H26Br2/c1-3-5-14-23(15-6-4-2)20-16-18(17-10-8-7-9-11-17)12-13-19(20)21(24)22(23)25/h7-13,16H,3-6,14-15H2,1-2H3. The molecule has 132 valence electrons. The molecule has 0 saturated carbocycles. The number of rotatable bonds is 7. The van der Waals surface area contributed by atoms with E-state index in [0.717, 1.165) is 0 Å². The van der Waals surface area contributed by atoms with Crippen LogP contribution in [-0.2, 0) is 5.41 Å². The summed E-state index contributed by atoms with van der Waals surface area (Å²) in [7, 11) is 0. The fourth-order valence-corrected chi connectivity index (χ4v) is 5.51. The Labute approximate surface area is 169 Å². The first-order valence-electron chi connectivity index (χ1n) is 9.40. The van der Waals surface area contributed by atoms with Crippen molar-refractivity contribution in [1.29, 1.82) is 0 Å². The lowest BCUT2D eigenvalue weighted by atomic mass is 9.74. The second-order valence-electron chi connectivity index (χ2n) is 7.04. The van der Waals surface area contributed by atoms with E-state index in [1.54, 1.807) is 0 Å². The van der Waals surface area contributed by atoms with Crippen molar-refractivity contribution in [3.8, 4) is 11.1 Å². The molecule has 25 heavy (non-hydrogen) atoms. The third-order valence-corrected chi connectivity index (χ3v) is 7.92. The van der Waals surface area contributed by atoms with Crippen molar-refractivity contribution < 1.29 is 0 Å². The summed E-state index contributed by atoms with van der Waals surface area (Å²) in [6.45, 7) is 4.58. The molecule has 0 aliphatic heterocycles. The van der Waals surface area contributed by atoms with E-state index in [1.165, 1.54) is 69.7 Å². The topological polar surface area (TPSA) is 0 Å². The minimum absolute atomic E-state index is 0.130. The molecular weight excluding hydrogens is 436 g/mol. The van der Waals surface area contributed by atoms with Gasteiger partial charge in [-0.1, -0.05) is 97.9 Å². The zero-order valence-corrected chi connectivity index (χ0v) is 18.3. The van der Waals surface area contributed by atoms with Crippen molar-refractivity contribution in [2.24, 2.45) is 0 Å². The monoisotopic (exact) mass is 460 g/mol. The van der Waals surface area contributed by atoms with Gasteiger partial charge in [-0.05, 0) is 57.1 Å². The van der Waals surface area contributed by atoms with E-state index in [1.807, 2.05) is 0 Å². The molecule has 2 aromatic carbocycles. The Morgan fingerprint density at radius 3 is 2.04 bits per heavy atom. The summed E-state index contributed by atoms with van der Waals surface area (Å²) in [6, 6.07) is 17.7. The van der Waals surface area contributed by atoms with Gasteiger partial charge in [0, 0.05) is 14.4 Å². The van der Waals surface area contributed by atoms with Crippen LogP contribution in [-0.4, -0.2) is 0 Å². The minimum atomic E-state index is 0.130. The van der Waals surface area contributed by atoms with Crippen LogP contribution in [0.25, 0.3) is 15.6 Å². The zero-order chi connectivity index (χ0) is 17.9. The molecule has 0 amide bonds. The maximum Gasteiger partial charge on any atom is 0.0361 e. The van der Waals surface area contributed by atoms with Gasteiger partial charge >= 0.3 is 0 Å². The lowest BCUT2D eigenvalue weighted by Gasteiger charge is -2.32. The fourth-order valence-electron chi connectivity index (χ4n) is 3.96. The molecule has 0 spiro atoms. The first-order valence-corrected chi connectivity index (χ1v) is 11.0. The number of allylic oxidation sites excluding steroid dienone is 1. The molecule has 0 heterocycles. The van der Waals surface area contributed by atoms with Gasteiger partial charge < -0.3 is 0 Å². The SMILES string of the molecule is CCCCC1(CCCC)C(Br)=C(Br)c2ccc(-c3ccccc3)cc21. The fraction of sp³-hybridized carbons (Fsp3) is 0.391. The quantitative estimate of drug-likeness (QED) is 0.387. The molecule has 0 radical (unpaired) electrons. The molecule has 0 unspecified atom stereocenters. The van der Waals surface area contributed by atoms with Crippen LogP contribution < -0.4 is 0 Å². The predicted molar refractivity (Wildman–Crippen MR) is 117 cm³/mol. The summed E-state index contributed by atoms with van der Waals surface area (Å²) < 4.78 is 2.59.